The van der Waals surface area contributed by atoms with Gasteiger partial charge in [0.2, 0.25) is 0 Å². The molecule has 0 radical (unpaired) electrons. The van der Waals surface area contributed by atoms with Crippen LogP contribution in [0.3, 0.4) is 0 Å². The summed E-state index contributed by atoms with van der Waals surface area (Å²) in [6.07, 6.45) is 0. The molecule has 26 heteroatoms. The molecule has 0 spiro atoms. The Balaban J connectivity index is 0.000000197. The third-order valence-electron chi connectivity index (χ3n) is 18.9. The second-order valence-corrected chi connectivity index (χ2v) is 53.4. The molecule has 630 valence electrons. The molecule has 0 fully saturated rings. The Morgan fingerprint density at radius 3 is 0.958 bits per heavy atom. The quantitative estimate of drug-likeness (QED) is 0.0177. The van der Waals surface area contributed by atoms with Crippen molar-refractivity contribution in [1.82, 2.24) is 0 Å². The number of aliphatic hydroxyl groups excluding tert-OH is 6. The van der Waals surface area contributed by atoms with Crippen molar-refractivity contribution in [3.05, 3.63) is 276 Å². The number of benzene rings is 12. The molecule has 12 N–H and O–H groups in total. The standard InChI is InChI=1S/C19H29O2PSi2.C16H21O2PSi.C15H17O4P.C15H17O3P.2C14H15O3P/c1-23(2,3)15-11-17(19(21)18(12-15)24(4,5)6)22-16-10-8-7-9-14(16)13-20;1-20(2,3)13-8-9-14(18)16(10-13)19-15-7-5-4-6-12(15)11-17;1-18-11-7-12(19-2)15(17)14(8-11)20-13-6-4-3-5-10(13)9-16;1-10-5-3-6-11(9-16)15(10)19-13-8-4-7-12(18-2)14(13)17;1-17-11-6-4-8-13(14(11)16)18-12-7-3-2-5-10(12)9-15;1-17-11-6-7-12(16)14(8-11)18-13-5-3-2-4-10(13)9-15/h7-12,20-22H,13H2,1-6H3;4-10,17-19H,11H2,1-3H3;3-8,16-17,20H,9H2,1-2H3;3-8,16-17,19H,9H2,1-2H3;2*2-8,15-16,18H,9H2,1H3. The lowest BCUT2D eigenvalue weighted by Crippen LogP contribution is -2.47. The zero-order chi connectivity index (χ0) is 87.2. The van der Waals surface area contributed by atoms with Gasteiger partial charge in [-0.1, -0.05) is 309 Å². The summed E-state index contributed by atoms with van der Waals surface area (Å²) in [5, 5.41) is 133. The van der Waals surface area contributed by atoms with Crippen LogP contribution in [0, 0.1) is 6.92 Å². The van der Waals surface area contributed by atoms with Crippen LogP contribution in [0.2, 0.25) is 58.9 Å². The van der Waals surface area contributed by atoms with Crippen molar-refractivity contribution in [2.45, 2.75) is 105 Å². The van der Waals surface area contributed by atoms with E-state index in [1.165, 1.54) is 31.7 Å². The van der Waals surface area contributed by atoms with Gasteiger partial charge in [0, 0.05) is 37.9 Å². The summed E-state index contributed by atoms with van der Waals surface area (Å²) in [6.45, 7) is 22.9. The Kier molecular flexibility index (Phi) is 39.0. The molecule has 17 nitrogen and oxygen atoms in total. The molecular weight excluding hydrogens is 1660 g/mol. The van der Waals surface area contributed by atoms with Crippen molar-refractivity contribution >= 4 is 155 Å². The van der Waals surface area contributed by atoms with Gasteiger partial charge in [0.1, 0.15) is 28.7 Å². The van der Waals surface area contributed by atoms with Crippen LogP contribution in [-0.4, -0.2) is 121 Å². The fourth-order valence-electron chi connectivity index (χ4n) is 11.9. The second kappa shape index (κ2) is 47.6. The molecular formula is C93H114O17P6Si3. The summed E-state index contributed by atoms with van der Waals surface area (Å²) >= 11 is 0. The molecule has 0 saturated carbocycles. The summed E-state index contributed by atoms with van der Waals surface area (Å²) < 4.78 is 25.7. The van der Waals surface area contributed by atoms with E-state index in [0.717, 1.165) is 114 Å². The topological polar surface area (TPSA) is 289 Å². The van der Waals surface area contributed by atoms with Crippen LogP contribution < -0.4 is 103 Å². The molecule has 0 saturated heterocycles. The number of hydrogen-bond acceptors (Lipinski definition) is 17. The fraction of sp³-hybridized carbons (Fsp3) is 0.226. The number of phenolic OH excluding ortho intramolecular Hbond substituents is 6. The van der Waals surface area contributed by atoms with E-state index in [9.17, 15) is 61.3 Å². The minimum atomic E-state index is -1.63. The molecule has 119 heavy (non-hydrogen) atoms. The number of hydrogen-bond donors (Lipinski definition) is 12. The molecule has 0 aliphatic rings. The molecule has 0 aromatic heterocycles. The van der Waals surface area contributed by atoms with Crippen LogP contribution in [0.1, 0.15) is 38.9 Å². The summed E-state index contributed by atoms with van der Waals surface area (Å²) in [6, 6.07) is 74.6. The lowest BCUT2D eigenvalue weighted by molar-refractivity contribution is 0.282. The Bertz CT molecular complexity index is 5220. The normalized spacial score (nSPS) is 11.6. The van der Waals surface area contributed by atoms with E-state index in [2.05, 4.69) is 83.2 Å². The maximum absolute atomic E-state index is 10.9. The second-order valence-electron chi connectivity index (χ2n) is 30.3. The lowest BCUT2D eigenvalue weighted by atomic mass is 10.1. The SMILES string of the molecule is COc1cc(OC)c(O)c(Pc2ccccc2CO)c1.COc1ccc(O)c(Pc2ccccc2CO)c1.COc1cccc(Pc2c(C)cccc2CO)c1O.COc1cccc(Pc2ccccc2CO)c1O.C[Si](C)(C)c1cc(Pc2ccccc2CO)c(O)c([Si](C)(C)C)c1.C[Si](C)(C)c1ccc(O)c(Pc2ccccc2CO)c1. The van der Waals surface area contributed by atoms with Gasteiger partial charge in [0.15, 0.2) is 34.5 Å². The number of ether oxygens (including phenoxy) is 5. The van der Waals surface area contributed by atoms with E-state index in [-0.39, 0.29) is 79.8 Å². The monoisotopic (exact) mass is 1770 g/mol. The number of aliphatic hydroxyl groups is 6. The number of methoxy groups -OCH3 is 5. The first-order valence-corrected chi connectivity index (χ1v) is 54.8. The molecule has 12 rings (SSSR count). The first-order valence-electron chi connectivity index (χ1n) is 38.3. The van der Waals surface area contributed by atoms with Gasteiger partial charge in [0.25, 0.3) is 0 Å². The molecule has 6 atom stereocenters. The van der Waals surface area contributed by atoms with Gasteiger partial charge in [-0.05, 0) is 125 Å². The minimum absolute atomic E-state index is 0.00784. The van der Waals surface area contributed by atoms with Crippen molar-refractivity contribution in [2.24, 2.45) is 0 Å². The molecule has 0 aliphatic carbocycles. The minimum Gasteiger partial charge on any atom is -0.507 e. The highest BCUT2D eigenvalue weighted by Gasteiger charge is 2.28. The summed E-state index contributed by atoms with van der Waals surface area (Å²) in [5.74, 6) is 4.21. The zero-order valence-corrected chi connectivity index (χ0v) is 79.2. The van der Waals surface area contributed by atoms with Crippen molar-refractivity contribution in [1.29, 1.82) is 0 Å². The fourth-order valence-corrected chi connectivity index (χ4v) is 23.7. The van der Waals surface area contributed by atoms with E-state index in [1.807, 2.05) is 177 Å². The largest absolute Gasteiger partial charge is 0.507 e. The van der Waals surface area contributed by atoms with Gasteiger partial charge >= 0.3 is 0 Å². The third-order valence-corrected chi connectivity index (χ3v) is 33.7. The summed E-state index contributed by atoms with van der Waals surface area (Å²) in [4.78, 5) is 0. The number of para-hydroxylation sites is 2. The summed E-state index contributed by atoms with van der Waals surface area (Å²) in [5.41, 5.74) is 6.53. The third kappa shape index (κ3) is 28.5. The maximum atomic E-state index is 10.9. The molecule has 0 aliphatic heterocycles. The highest BCUT2D eigenvalue weighted by molar-refractivity contribution is 7.57. The Labute approximate surface area is 714 Å². The van der Waals surface area contributed by atoms with Gasteiger partial charge in [0.05, 0.1) is 99.4 Å². The average Bonchev–Trinajstić information content (AvgIpc) is 0.778. The van der Waals surface area contributed by atoms with Gasteiger partial charge in [-0.25, -0.2) is 0 Å². The van der Waals surface area contributed by atoms with Gasteiger partial charge in [-0.2, -0.15) is 0 Å². The Hall–Kier alpha value is -8.57. The molecule has 12 aromatic carbocycles. The van der Waals surface area contributed by atoms with Crippen molar-refractivity contribution in [3.8, 4) is 63.2 Å². The van der Waals surface area contributed by atoms with Crippen LogP contribution in [0.15, 0.2) is 237 Å². The summed E-state index contributed by atoms with van der Waals surface area (Å²) in [7, 11) is 5.07. The number of phenols is 6. The lowest BCUT2D eigenvalue weighted by Gasteiger charge is -2.26. The molecule has 0 amide bonds. The van der Waals surface area contributed by atoms with Crippen LogP contribution in [-0.2, 0) is 39.6 Å². The first-order chi connectivity index (χ1) is 56.8. The predicted octanol–water partition coefficient (Wildman–Crippen LogP) is 11.1. The highest BCUT2D eigenvalue weighted by Crippen LogP contribution is 2.35. The molecule has 12 aromatic rings. The number of aromatic hydroxyl groups is 6. The maximum Gasteiger partial charge on any atom is 0.165 e. The smallest absolute Gasteiger partial charge is 0.165 e. The van der Waals surface area contributed by atoms with Gasteiger partial charge in [-0.15, -0.1) is 0 Å². The van der Waals surface area contributed by atoms with E-state index in [1.54, 1.807) is 56.7 Å². The van der Waals surface area contributed by atoms with Crippen LogP contribution >= 0.6 is 51.5 Å². The van der Waals surface area contributed by atoms with E-state index < -0.39 is 24.2 Å². The van der Waals surface area contributed by atoms with Crippen molar-refractivity contribution < 1.29 is 85.0 Å². The Morgan fingerprint density at radius 2 is 0.571 bits per heavy atom. The van der Waals surface area contributed by atoms with Crippen molar-refractivity contribution in [3.63, 3.8) is 0 Å². The van der Waals surface area contributed by atoms with Crippen molar-refractivity contribution in [2.75, 3.05) is 35.5 Å². The van der Waals surface area contributed by atoms with Crippen LogP contribution in [0.25, 0.3) is 0 Å². The van der Waals surface area contributed by atoms with E-state index >= 15 is 0 Å². The predicted molar refractivity (Wildman–Crippen MR) is 515 cm³/mol. The highest BCUT2D eigenvalue weighted by atomic mass is 31.1. The molecule has 0 heterocycles. The van der Waals surface area contributed by atoms with Crippen LogP contribution in [0.5, 0.6) is 63.2 Å². The number of aryl methyl sites for hydroxylation is 1. The van der Waals surface area contributed by atoms with E-state index in [0.29, 0.717) is 68.8 Å². The van der Waals surface area contributed by atoms with E-state index in [4.69, 9.17) is 23.7 Å². The van der Waals surface area contributed by atoms with Gasteiger partial charge < -0.3 is 85.0 Å². The molecule has 0 bridgehead atoms. The first kappa shape index (κ1) is 97.6. The van der Waals surface area contributed by atoms with Gasteiger partial charge in [-0.3, -0.25) is 0 Å². The average molecular weight is 1770 g/mol. The molecule has 6 unspecified atom stereocenters. The van der Waals surface area contributed by atoms with Crippen LogP contribution in [0.4, 0.5) is 0 Å². The zero-order valence-electron chi connectivity index (χ0n) is 70.2. The Morgan fingerprint density at radius 1 is 0.252 bits per heavy atom. The number of rotatable bonds is 26.